The molecule has 0 spiro atoms. The summed E-state index contributed by atoms with van der Waals surface area (Å²) in [6.45, 7) is 6.43. The van der Waals surface area contributed by atoms with Gasteiger partial charge in [0.2, 0.25) is 0 Å². The molecule has 0 aromatic carbocycles. The third-order valence-electron chi connectivity index (χ3n) is 8.66. The predicted molar refractivity (Wildman–Crippen MR) is 163 cm³/mol. The van der Waals surface area contributed by atoms with Crippen LogP contribution in [-0.4, -0.2) is 73.7 Å². The molecule has 1 heterocycles. The Kier molecular flexibility index (Phi) is 18.8. The Morgan fingerprint density at radius 3 is 1.89 bits per heavy atom. The van der Waals surface area contributed by atoms with Gasteiger partial charge in [0.15, 0.2) is 0 Å². The van der Waals surface area contributed by atoms with Crippen LogP contribution in [-0.2, 0) is 4.79 Å². The van der Waals surface area contributed by atoms with Gasteiger partial charge in [-0.1, -0.05) is 110 Å². The van der Waals surface area contributed by atoms with E-state index in [-0.39, 0.29) is 17.6 Å². The molecule has 0 aromatic heterocycles. The molecule has 6 nitrogen and oxygen atoms in total. The lowest BCUT2D eigenvalue weighted by atomic mass is 9.80. The van der Waals surface area contributed by atoms with Gasteiger partial charge in [-0.25, -0.2) is 0 Å². The smallest absolute Gasteiger partial charge is 0.269 e. The molecule has 2 atom stereocenters. The van der Waals surface area contributed by atoms with E-state index >= 15 is 0 Å². The van der Waals surface area contributed by atoms with Gasteiger partial charge < -0.3 is 25.5 Å². The van der Waals surface area contributed by atoms with Crippen molar-refractivity contribution in [2.75, 3.05) is 41.3 Å². The van der Waals surface area contributed by atoms with Crippen LogP contribution in [0.1, 0.15) is 136 Å². The van der Waals surface area contributed by atoms with Crippen molar-refractivity contribution in [2.24, 2.45) is 0 Å². The molecule has 1 aliphatic heterocycles. The molecule has 38 heavy (non-hydrogen) atoms. The fourth-order valence-electron chi connectivity index (χ4n) is 5.99. The van der Waals surface area contributed by atoms with Gasteiger partial charge in [0.25, 0.3) is 5.91 Å². The second-order valence-corrected chi connectivity index (χ2v) is 12.0. The second-order valence-electron chi connectivity index (χ2n) is 12.0. The lowest BCUT2D eigenvalue weighted by Crippen LogP contribution is -2.60. The van der Waals surface area contributed by atoms with Crippen LogP contribution >= 0.6 is 0 Å². The SMILES string of the molecule is CCCCCCCCCCCCN(C)CC(O)CCCCCCCCCC1(C)C(NC)=C(C(=O)NC)N1C. The monoisotopic (exact) mass is 537 g/mol. The van der Waals surface area contributed by atoms with Gasteiger partial charge in [-0.05, 0) is 39.8 Å². The molecule has 0 saturated heterocycles. The highest BCUT2D eigenvalue weighted by Crippen LogP contribution is 2.41. The highest BCUT2D eigenvalue weighted by atomic mass is 16.3. The summed E-state index contributed by atoms with van der Waals surface area (Å²) in [6.07, 6.45) is 24.2. The van der Waals surface area contributed by atoms with E-state index < -0.39 is 0 Å². The van der Waals surface area contributed by atoms with Crippen molar-refractivity contribution in [3.8, 4) is 0 Å². The topological polar surface area (TPSA) is 67.8 Å². The number of nitrogens with zero attached hydrogens (tertiary/aromatic N) is 2. The van der Waals surface area contributed by atoms with E-state index in [1.165, 1.54) is 103 Å². The Morgan fingerprint density at radius 2 is 1.37 bits per heavy atom. The van der Waals surface area contributed by atoms with E-state index in [2.05, 4.69) is 41.3 Å². The molecule has 1 amide bonds. The largest absolute Gasteiger partial charge is 0.392 e. The van der Waals surface area contributed by atoms with E-state index in [9.17, 15) is 9.90 Å². The van der Waals surface area contributed by atoms with Crippen molar-refractivity contribution in [1.29, 1.82) is 0 Å². The van der Waals surface area contributed by atoms with E-state index in [1.807, 2.05) is 14.1 Å². The standard InChI is InChI=1S/C32H64N4O2/c1-7-8-9-10-11-12-13-17-20-23-26-35(5)27-28(37)24-21-18-15-14-16-19-22-25-32(2)30(33-3)29(36(32)6)31(38)34-4/h28,33,37H,7-27H2,1-6H3,(H,34,38). The summed E-state index contributed by atoms with van der Waals surface area (Å²) in [7, 11) is 7.78. The van der Waals surface area contributed by atoms with Crippen LogP contribution in [0.3, 0.4) is 0 Å². The summed E-state index contributed by atoms with van der Waals surface area (Å²) in [6, 6.07) is 0. The van der Waals surface area contributed by atoms with E-state index in [4.69, 9.17) is 0 Å². The van der Waals surface area contributed by atoms with E-state index in [0.29, 0.717) is 0 Å². The van der Waals surface area contributed by atoms with Crippen molar-refractivity contribution in [3.05, 3.63) is 11.4 Å². The van der Waals surface area contributed by atoms with Crippen LogP contribution < -0.4 is 10.6 Å². The summed E-state index contributed by atoms with van der Waals surface area (Å²) in [5, 5.41) is 16.4. The number of likely N-dealkylation sites (N-methyl/N-ethyl adjacent to an activating group) is 4. The Balaban J connectivity index is 1.97. The van der Waals surface area contributed by atoms with Gasteiger partial charge in [0.05, 0.1) is 17.3 Å². The number of aliphatic hydroxyl groups is 1. The molecule has 0 aromatic rings. The molecule has 6 heteroatoms. The molecule has 0 saturated carbocycles. The molecular formula is C32H64N4O2. The third-order valence-corrected chi connectivity index (χ3v) is 8.66. The first-order chi connectivity index (χ1) is 18.3. The zero-order valence-electron chi connectivity index (χ0n) is 26.2. The first-order valence-electron chi connectivity index (χ1n) is 16.1. The zero-order chi connectivity index (χ0) is 28.2. The first kappa shape index (κ1) is 34.8. The normalized spacial score (nSPS) is 18.2. The fraction of sp³-hybridized carbons (Fsp3) is 0.906. The Labute approximate surface area is 236 Å². The Bertz CT molecular complexity index is 653. The summed E-state index contributed by atoms with van der Waals surface area (Å²) < 4.78 is 0. The molecule has 224 valence electrons. The van der Waals surface area contributed by atoms with E-state index in [0.717, 1.165) is 43.7 Å². The van der Waals surface area contributed by atoms with Crippen molar-refractivity contribution in [2.45, 2.75) is 147 Å². The summed E-state index contributed by atoms with van der Waals surface area (Å²) in [5.74, 6) is -0.0137. The van der Waals surface area contributed by atoms with Crippen LogP contribution in [0.5, 0.6) is 0 Å². The minimum Gasteiger partial charge on any atom is -0.392 e. The minimum absolute atomic E-state index is 0.0137. The van der Waals surface area contributed by atoms with Gasteiger partial charge in [-0.2, -0.15) is 0 Å². The highest BCUT2D eigenvalue weighted by Gasteiger charge is 2.47. The maximum Gasteiger partial charge on any atom is 0.269 e. The molecule has 1 rings (SSSR count). The first-order valence-corrected chi connectivity index (χ1v) is 16.1. The number of hydrogen-bond donors (Lipinski definition) is 3. The number of hydrogen-bond acceptors (Lipinski definition) is 5. The van der Waals surface area contributed by atoms with Crippen LogP contribution in [0.15, 0.2) is 11.4 Å². The molecule has 0 bridgehead atoms. The van der Waals surface area contributed by atoms with Crippen LogP contribution in [0.4, 0.5) is 0 Å². The Hall–Kier alpha value is -1.27. The molecular weight excluding hydrogens is 472 g/mol. The summed E-state index contributed by atoms with van der Waals surface area (Å²) >= 11 is 0. The minimum atomic E-state index is -0.183. The lowest BCUT2D eigenvalue weighted by Gasteiger charge is -2.52. The van der Waals surface area contributed by atoms with Gasteiger partial charge in [-0.3, -0.25) is 4.79 Å². The number of unbranched alkanes of at least 4 members (excludes halogenated alkanes) is 15. The molecule has 3 N–H and O–H groups in total. The van der Waals surface area contributed by atoms with Crippen LogP contribution in [0.2, 0.25) is 0 Å². The van der Waals surface area contributed by atoms with Crippen molar-refractivity contribution < 1.29 is 9.90 Å². The molecule has 0 aliphatic carbocycles. The highest BCUT2D eigenvalue weighted by molar-refractivity contribution is 5.95. The van der Waals surface area contributed by atoms with Crippen molar-refractivity contribution in [1.82, 2.24) is 20.4 Å². The van der Waals surface area contributed by atoms with Crippen LogP contribution in [0, 0.1) is 0 Å². The second kappa shape index (κ2) is 20.6. The van der Waals surface area contributed by atoms with Crippen molar-refractivity contribution in [3.63, 3.8) is 0 Å². The third kappa shape index (κ3) is 12.7. The lowest BCUT2D eigenvalue weighted by molar-refractivity contribution is -0.120. The number of carbonyl (C=O) groups is 1. The average Bonchev–Trinajstić information content (AvgIpc) is 2.90. The van der Waals surface area contributed by atoms with Gasteiger partial charge >= 0.3 is 0 Å². The van der Waals surface area contributed by atoms with E-state index in [1.54, 1.807) is 7.05 Å². The number of aliphatic hydroxyl groups excluding tert-OH is 1. The van der Waals surface area contributed by atoms with Crippen LogP contribution in [0.25, 0.3) is 0 Å². The van der Waals surface area contributed by atoms with Gasteiger partial charge in [-0.15, -0.1) is 0 Å². The summed E-state index contributed by atoms with van der Waals surface area (Å²) in [5.41, 5.74) is 1.77. The number of nitrogens with one attached hydrogen (secondary N) is 2. The quantitative estimate of drug-likeness (QED) is 0.115. The molecule has 0 radical (unpaired) electrons. The molecule has 0 fully saturated rings. The van der Waals surface area contributed by atoms with Gasteiger partial charge in [0, 0.05) is 27.7 Å². The predicted octanol–water partition coefficient (Wildman–Crippen LogP) is 6.59. The average molecular weight is 537 g/mol. The number of carbonyl (C=O) groups excluding carboxylic acids is 1. The van der Waals surface area contributed by atoms with Gasteiger partial charge in [0.1, 0.15) is 5.70 Å². The molecule has 1 aliphatic rings. The molecule has 2 unspecified atom stereocenters. The Morgan fingerprint density at radius 1 is 0.868 bits per heavy atom. The fourth-order valence-corrected chi connectivity index (χ4v) is 5.99. The maximum absolute atomic E-state index is 12.1. The number of rotatable bonds is 25. The number of amides is 1. The summed E-state index contributed by atoms with van der Waals surface area (Å²) in [4.78, 5) is 16.5. The zero-order valence-corrected chi connectivity index (χ0v) is 26.2. The maximum atomic E-state index is 12.1. The van der Waals surface area contributed by atoms with Crippen molar-refractivity contribution >= 4 is 5.91 Å².